The van der Waals surface area contributed by atoms with E-state index >= 15 is 0 Å². The van der Waals surface area contributed by atoms with Crippen molar-refractivity contribution < 1.29 is 14.4 Å². The highest BCUT2D eigenvalue weighted by atomic mass is 16.2. The Balaban J connectivity index is 1.16. The third-order valence-electron chi connectivity index (χ3n) is 6.75. The predicted molar refractivity (Wildman–Crippen MR) is 127 cm³/mol. The normalized spacial score (nSPS) is 24.2. The van der Waals surface area contributed by atoms with Gasteiger partial charge >= 0.3 is 0 Å². The molecule has 2 bridgehead atoms. The van der Waals surface area contributed by atoms with Crippen LogP contribution < -0.4 is 10.6 Å². The molecular weight excluding hydrogens is 416 g/mol. The topological polar surface area (TPSA) is 101 Å². The molecule has 7 nitrogen and oxygen atoms in total. The molecule has 2 aromatic rings. The first-order valence-corrected chi connectivity index (χ1v) is 11.0. The summed E-state index contributed by atoms with van der Waals surface area (Å²) in [5.74, 6) is -0.257. The van der Waals surface area contributed by atoms with Crippen LogP contribution in [0.25, 0.3) is 5.57 Å². The van der Waals surface area contributed by atoms with Crippen molar-refractivity contribution in [2.24, 2.45) is 15.8 Å². The lowest BCUT2D eigenvalue weighted by Crippen LogP contribution is -2.67. The quantitative estimate of drug-likeness (QED) is 0.605. The van der Waals surface area contributed by atoms with Crippen molar-refractivity contribution in [1.29, 1.82) is 0 Å². The van der Waals surface area contributed by atoms with E-state index in [0.29, 0.717) is 30.0 Å². The molecule has 3 saturated carbocycles. The summed E-state index contributed by atoms with van der Waals surface area (Å²) in [6.07, 6.45) is 7.76. The molecule has 2 amide bonds. The zero-order valence-corrected chi connectivity index (χ0v) is 18.1. The maximum absolute atomic E-state index is 12.7. The van der Waals surface area contributed by atoms with Crippen LogP contribution in [0.4, 0.5) is 11.4 Å². The minimum absolute atomic E-state index is 0.00146. The molecule has 6 rings (SSSR count). The van der Waals surface area contributed by atoms with Gasteiger partial charge in [0.05, 0.1) is 17.7 Å². The van der Waals surface area contributed by atoms with E-state index in [0.717, 1.165) is 30.5 Å². The van der Waals surface area contributed by atoms with Crippen molar-refractivity contribution >= 4 is 40.8 Å². The molecule has 166 valence electrons. The Morgan fingerprint density at radius 1 is 1.00 bits per heavy atom. The average molecular weight is 441 g/mol. The lowest BCUT2D eigenvalue weighted by atomic mass is 9.34. The largest absolute Gasteiger partial charge is 0.326 e. The Labute approximate surface area is 191 Å². The number of aliphatic imine (C=N–C) groups is 1. The van der Waals surface area contributed by atoms with Gasteiger partial charge in [0.25, 0.3) is 5.91 Å². The Bertz CT molecular complexity index is 1210. The predicted octanol–water partition coefficient (Wildman–Crippen LogP) is 4.06. The number of benzene rings is 1. The molecule has 0 unspecified atom stereocenters. The number of hydrogen-bond donors (Lipinski definition) is 2. The fraction of sp³-hybridized carbons (Fsp3) is 0.269. The Morgan fingerprint density at radius 3 is 2.33 bits per heavy atom. The molecule has 4 aliphatic rings. The summed E-state index contributed by atoms with van der Waals surface area (Å²) >= 11 is 0. The summed E-state index contributed by atoms with van der Waals surface area (Å²) < 4.78 is 0. The molecular formula is C26H24N4O3. The van der Waals surface area contributed by atoms with Crippen molar-refractivity contribution in [2.45, 2.75) is 25.7 Å². The highest BCUT2D eigenvalue weighted by molar-refractivity contribution is 6.03. The number of amides is 2. The number of carbonyl (C=O) groups is 3. The highest BCUT2D eigenvalue weighted by Crippen LogP contribution is 2.75. The van der Waals surface area contributed by atoms with Gasteiger partial charge in [-0.3, -0.25) is 19.4 Å². The number of nitrogens with one attached hydrogen (secondary N) is 2. The van der Waals surface area contributed by atoms with E-state index in [1.165, 1.54) is 6.08 Å². The molecule has 1 aliphatic heterocycles. The first kappa shape index (κ1) is 21.0. The third-order valence-corrected chi connectivity index (χ3v) is 6.75. The van der Waals surface area contributed by atoms with Crippen LogP contribution in [0.1, 0.15) is 41.9 Å². The maximum Gasteiger partial charge on any atom is 0.274 e. The third kappa shape index (κ3) is 3.91. The minimum atomic E-state index is -0.342. The van der Waals surface area contributed by atoms with E-state index in [2.05, 4.69) is 27.2 Å². The summed E-state index contributed by atoms with van der Waals surface area (Å²) in [5, 5.41) is 5.81. The van der Waals surface area contributed by atoms with Gasteiger partial charge in [-0.25, -0.2) is 4.98 Å². The maximum atomic E-state index is 12.7. The van der Waals surface area contributed by atoms with E-state index in [1.54, 1.807) is 42.6 Å². The summed E-state index contributed by atoms with van der Waals surface area (Å²) in [6.45, 7) is 4.10. The first-order valence-electron chi connectivity index (χ1n) is 11.0. The van der Waals surface area contributed by atoms with Crippen molar-refractivity contribution in [3.63, 3.8) is 0 Å². The minimum Gasteiger partial charge on any atom is -0.326 e. The van der Waals surface area contributed by atoms with E-state index in [1.807, 2.05) is 12.1 Å². The van der Waals surface area contributed by atoms with Crippen molar-refractivity contribution in [2.75, 3.05) is 17.2 Å². The van der Waals surface area contributed by atoms with Crippen LogP contribution in [0.5, 0.6) is 0 Å². The van der Waals surface area contributed by atoms with Crippen LogP contribution in [0.15, 0.2) is 66.2 Å². The van der Waals surface area contributed by atoms with Gasteiger partial charge in [-0.05, 0) is 73.2 Å². The lowest BCUT2D eigenvalue weighted by Gasteiger charge is -2.69. The molecule has 1 aromatic carbocycles. The van der Waals surface area contributed by atoms with Gasteiger partial charge in [-0.15, -0.1) is 0 Å². The number of ketones is 1. The molecule has 2 heterocycles. The Kier molecular flexibility index (Phi) is 5.04. The summed E-state index contributed by atoms with van der Waals surface area (Å²) in [6, 6.07) is 12.4. The van der Waals surface area contributed by atoms with Gasteiger partial charge in [0.1, 0.15) is 5.69 Å². The lowest BCUT2D eigenvalue weighted by molar-refractivity contribution is -0.204. The highest BCUT2D eigenvalue weighted by Gasteiger charge is 2.71. The zero-order chi connectivity index (χ0) is 23.1. The molecule has 1 aromatic heterocycles. The second kappa shape index (κ2) is 7.92. The van der Waals surface area contributed by atoms with Gasteiger partial charge in [-0.2, -0.15) is 0 Å². The van der Waals surface area contributed by atoms with Crippen LogP contribution in [-0.2, 0) is 9.59 Å². The van der Waals surface area contributed by atoms with Crippen LogP contribution in [0, 0.1) is 10.8 Å². The zero-order valence-electron chi connectivity index (χ0n) is 18.1. The van der Waals surface area contributed by atoms with E-state index in [4.69, 9.17) is 0 Å². The molecule has 0 atom stereocenters. The SMILES string of the molecule is C=CC(=O)CC12CC(C(=O)Nc3ccc(NC(=O)c4cccc(C5=CC=NC5)n4)cc3)(C1)C2. The molecule has 3 fully saturated rings. The fourth-order valence-electron chi connectivity index (χ4n) is 5.22. The van der Waals surface area contributed by atoms with Gasteiger partial charge in [0.2, 0.25) is 5.91 Å². The second-order valence-corrected chi connectivity index (χ2v) is 9.23. The van der Waals surface area contributed by atoms with Gasteiger partial charge in [0.15, 0.2) is 5.78 Å². The molecule has 0 saturated heterocycles. The molecule has 3 aliphatic carbocycles. The molecule has 33 heavy (non-hydrogen) atoms. The van der Waals surface area contributed by atoms with E-state index in [-0.39, 0.29) is 28.4 Å². The molecule has 2 N–H and O–H groups in total. The number of aromatic nitrogens is 1. The summed E-state index contributed by atoms with van der Waals surface area (Å²) in [4.78, 5) is 45.6. The van der Waals surface area contributed by atoms with Gasteiger partial charge < -0.3 is 10.6 Å². The number of nitrogens with zero attached hydrogens (tertiary/aromatic N) is 2. The van der Waals surface area contributed by atoms with Crippen molar-refractivity contribution in [1.82, 2.24) is 4.98 Å². The van der Waals surface area contributed by atoms with Gasteiger partial charge in [0, 0.05) is 29.6 Å². The summed E-state index contributed by atoms with van der Waals surface area (Å²) in [7, 11) is 0. The monoisotopic (exact) mass is 440 g/mol. The number of anilines is 2. The average Bonchev–Trinajstić information content (AvgIpc) is 3.31. The Morgan fingerprint density at radius 2 is 1.70 bits per heavy atom. The molecule has 0 radical (unpaired) electrons. The van der Waals surface area contributed by atoms with Crippen LogP contribution in [0.3, 0.4) is 0 Å². The smallest absolute Gasteiger partial charge is 0.274 e. The van der Waals surface area contributed by atoms with E-state index < -0.39 is 0 Å². The van der Waals surface area contributed by atoms with Crippen molar-refractivity contribution in [3.05, 3.63) is 72.6 Å². The molecule has 0 spiro atoms. The Hall–Kier alpha value is -3.87. The number of rotatable bonds is 8. The second-order valence-electron chi connectivity index (χ2n) is 9.23. The number of allylic oxidation sites excluding steroid dienone is 2. The fourth-order valence-corrected chi connectivity index (χ4v) is 5.22. The van der Waals surface area contributed by atoms with Crippen LogP contribution in [0.2, 0.25) is 0 Å². The van der Waals surface area contributed by atoms with Gasteiger partial charge in [-0.1, -0.05) is 12.6 Å². The number of carbonyl (C=O) groups excluding carboxylic acids is 3. The van der Waals surface area contributed by atoms with E-state index in [9.17, 15) is 14.4 Å². The standard InChI is InChI=1S/C26H24N4O3/c1-2-20(31)12-25-14-26(15-25,16-25)24(33)29-19-8-6-18(7-9-19)28-23(32)22-5-3-4-21(30-22)17-10-11-27-13-17/h2-11H,1,12-16H2,(H,28,32)(H,29,33). The summed E-state index contributed by atoms with van der Waals surface area (Å²) in [5.41, 5.74) is 2.99. The number of hydrogen-bond acceptors (Lipinski definition) is 5. The number of pyridine rings is 1. The first-order chi connectivity index (χ1) is 15.9. The molecule has 7 heteroatoms. The van der Waals surface area contributed by atoms with Crippen LogP contribution in [-0.4, -0.2) is 35.3 Å². The van der Waals surface area contributed by atoms with Crippen LogP contribution >= 0.6 is 0 Å². The van der Waals surface area contributed by atoms with Crippen molar-refractivity contribution in [3.8, 4) is 0 Å².